The van der Waals surface area contributed by atoms with Gasteiger partial charge in [-0.3, -0.25) is 0 Å². The predicted molar refractivity (Wildman–Crippen MR) is 67.9 cm³/mol. The molecule has 0 unspecified atom stereocenters. The van der Waals surface area contributed by atoms with Gasteiger partial charge in [-0.25, -0.2) is 4.98 Å². The van der Waals surface area contributed by atoms with Gasteiger partial charge in [0.15, 0.2) is 0 Å². The smallest absolute Gasteiger partial charge is 0.235 e. The Morgan fingerprint density at radius 1 is 1.25 bits per heavy atom. The Morgan fingerprint density at radius 2 is 2.06 bits per heavy atom. The zero-order valence-corrected chi connectivity index (χ0v) is 10.5. The first-order valence-electron chi connectivity index (χ1n) is 4.50. The molecule has 0 aliphatic heterocycles. The molecule has 0 saturated heterocycles. The molecule has 0 saturated carbocycles. The van der Waals surface area contributed by atoms with Gasteiger partial charge in [0.05, 0.1) is 4.47 Å². The van der Waals surface area contributed by atoms with Crippen LogP contribution in [0.1, 0.15) is 0 Å². The van der Waals surface area contributed by atoms with Gasteiger partial charge in [-0.15, -0.1) is 0 Å². The number of pyridine rings is 1. The second kappa shape index (κ2) is 4.72. The predicted octanol–water partition coefficient (Wildman–Crippen LogP) is 3.87. The van der Waals surface area contributed by atoms with Crippen LogP contribution in [0.3, 0.4) is 0 Å². The highest BCUT2D eigenvalue weighted by molar-refractivity contribution is 9.10. The molecule has 3 nitrogen and oxygen atoms in total. The van der Waals surface area contributed by atoms with Crippen molar-refractivity contribution in [3.63, 3.8) is 0 Å². The van der Waals surface area contributed by atoms with Crippen molar-refractivity contribution in [3.8, 4) is 11.6 Å². The number of nitrogen functional groups attached to an aromatic ring is 1. The molecule has 2 N–H and O–H groups in total. The quantitative estimate of drug-likeness (QED) is 0.676. The topological polar surface area (TPSA) is 48.1 Å². The van der Waals surface area contributed by atoms with Gasteiger partial charge >= 0.3 is 0 Å². The van der Waals surface area contributed by atoms with Crippen molar-refractivity contribution in [2.75, 3.05) is 5.73 Å². The van der Waals surface area contributed by atoms with Crippen molar-refractivity contribution in [3.05, 3.63) is 46.0 Å². The molecule has 0 spiro atoms. The van der Waals surface area contributed by atoms with Crippen LogP contribution in [0.15, 0.2) is 40.9 Å². The van der Waals surface area contributed by atoms with Crippen molar-refractivity contribution in [2.24, 2.45) is 0 Å². The van der Waals surface area contributed by atoms with Gasteiger partial charge in [0, 0.05) is 11.8 Å². The zero-order chi connectivity index (χ0) is 11.5. The molecule has 1 aromatic carbocycles. The van der Waals surface area contributed by atoms with Crippen LogP contribution in [0.2, 0.25) is 5.15 Å². The number of nitrogens with zero attached hydrogens (tertiary/aromatic N) is 1. The first-order chi connectivity index (χ1) is 7.65. The summed E-state index contributed by atoms with van der Waals surface area (Å²) in [5.74, 6) is 1.04. The lowest BCUT2D eigenvalue weighted by Gasteiger charge is -2.07. The normalized spacial score (nSPS) is 10.1. The lowest BCUT2D eigenvalue weighted by Crippen LogP contribution is -1.91. The standard InChI is InChI=1S/C11H8BrClN2O/c12-9-4-5-10(13)15-11(9)16-8-3-1-2-7(14)6-8/h1-6H,14H2. The van der Waals surface area contributed by atoms with E-state index in [1.807, 2.05) is 6.07 Å². The van der Waals surface area contributed by atoms with E-state index in [1.165, 1.54) is 0 Å². The van der Waals surface area contributed by atoms with Gasteiger partial charge in [-0.05, 0) is 40.2 Å². The average molecular weight is 300 g/mol. The van der Waals surface area contributed by atoms with E-state index in [0.29, 0.717) is 22.5 Å². The maximum Gasteiger partial charge on any atom is 0.235 e. The molecule has 0 aliphatic carbocycles. The van der Waals surface area contributed by atoms with Crippen LogP contribution in [-0.4, -0.2) is 4.98 Å². The van der Waals surface area contributed by atoms with Crippen LogP contribution in [0.25, 0.3) is 0 Å². The highest BCUT2D eigenvalue weighted by atomic mass is 79.9. The van der Waals surface area contributed by atoms with Crippen molar-refractivity contribution >= 4 is 33.2 Å². The summed E-state index contributed by atoms with van der Waals surface area (Å²) in [4.78, 5) is 4.05. The minimum absolute atomic E-state index is 0.377. The Morgan fingerprint density at radius 3 is 2.81 bits per heavy atom. The fourth-order valence-corrected chi connectivity index (χ4v) is 1.60. The van der Waals surface area contributed by atoms with E-state index < -0.39 is 0 Å². The van der Waals surface area contributed by atoms with Crippen LogP contribution >= 0.6 is 27.5 Å². The third-order valence-corrected chi connectivity index (χ3v) is 2.67. The van der Waals surface area contributed by atoms with Gasteiger partial charge in [0.1, 0.15) is 10.9 Å². The van der Waals surface area contributed by atoms with Gasteiger partial charge in [0.2, 0.25) is 5.88 Å². The molecule has 2 aromatic rings. The monoisotopic (exact) mass is 298 g/mol. The van der Waals surface area contributed by atoms with Crippen molar-refractivity contribution in [1.82, 2.24) is 4.98 Å². The summed E-state index contributed by atoms with van der Waals surface area (Å²) in [7, 11) is 0. The molecule has 1 heterocycles. The molecule has 82 valence electrons. The number of rotatable bonds is 2. The number of benzene rings is 1. The summed E-state index contributed by atoms with van der Waals surface area (Å²) in [6.07, 6.45) is 0. The summed E-state index contributed by atoms with van der Waals surface area (Å²) >= 11 is 9.11. The van der Waals surface area contributed by atoms with E-state index in [2.05, 4.69) is 20.9 Å². The Balaban J connectivity index is 2.30. The van der Waals surface area contributed by atoms with Gasteiger partial charge in [-0.1, -0.05) is 17.7 Å². The third kappa shape index (κ3) is 2.65. The van der Waals surface area contributed by atoms with Crippen LogP contribution in [0.5, 0.6) is 11.6 Å². The molecule has 0 bridgehead atoms. The first-order valence-corrected chi connectivity index (χ1v) is 5.68. The fourth-order valence-electron chi connectivity index (χ4n) is 1.16. The largest absolute Gasteiger partial charge is 0.438 e. The number of hydrogen-bond acceptors (Lipinski definition) is 3. The van der Waals surface area contributed by atoms with Gasteiger partial charge in [-0.2, -0.15) is 0 Å². The van der Waals surface area contributed by atoms with Gasteiger partial charge in [0.25, 0.3) is 0 Å². The molecule has 0 amide bonds. The second-order valence-electron chi connectivity index (χ2n) is 3.10. The van der Waals surface area contributed by atoms with E-state index in [-0.39, 0.29) is 0 Å². The molecule has 16 heavy (non-hydrogen) atoms. The maximum atomic E-state index is 5.78. The van der Waals surface area contributed by atoms with Crippen LogP contribution in [0.4, 0.5) is 5.69 Å². The summed E-state index contributed by atoms with van der Waals surface area (Å²) in [5, 5.41) is 0.377. The van der Waals surface area contributed by atoms with E-state index >= 15 is 0 Å². The van der Waals surface area contributed by atoms with Crippen LogP contribution < -0.4 is 10.5 Å². The molecule has 0 fully saturated rings. The number of aromatic nitrogens is 1. The summed E-state index contributed by atoms with van der Waals surface area (Å²) < 4.78 is 6.28. The SMILES string of the molecule is Nc1cccc(Oc2nc(Cl)ccc2Br)c1. The lowest BCUT2D eigenvalue weighted by molar-refractivity contribution is 0.460. The highest BCUT2D eigenvalue weighted by Crippen LogP contribution is 2.29. The van der Waals surface area contributed by atoms with Gasteiger partial charge < -0.3 is 10.5 Å². The number of nitrogens with two attached hydrogens (primary N) is 1. The van der Waals surface area contributed by atoms with Crippen LogP contribution in [-0.2, 0) is 0 Å². The third-order valence-electron chi connectivity index (χ3n) is 1.85. The molecule has 5 heteroatoms. The van der Waals surface area contributed by atoms with Crippen molar-refractivity contribution in [2.45, 2.75) is 0 Å². The Labute approximate surface area is 106 Å². The highest BCUT2D eigenvalue weighted by Gasteiger charge is 2.05. The Hall–Kier alpha value is -1.26. The molecule has 1 aromatic heterocycles. The van der Waals surface area contributed by atoms with E-state index in [0.717, 1.165) is 4.47 Å². The first kappa shape index (κ1) is 11.2. The average Bonchev–Trinajstić information content (AvgIpc) is 2.24. The van der Waals surface area contributed by atoms with Crippen molar-refractivity contribution in [1.29, 1.82) is 0 Å². The fraction of sp³-hybridized carbons (Fsp3) is 0. The number of ether oxygens (including phenoxy) is 1. The molecule has 0 aliphatic rings. The van der Waals surface area contributed by atoms with E-state index in [9.17, 15) is 0 Å². The Kier molecular flexibility index (Phi) is 3.31. The maximum absolute atomic E-state index is 5.78. The summed E-state index contributed by atoms with van der Waals surface area (Å²) in [6.45, 7) is 0. The minimum Gasteiger partial charge on any atom is -0.438 e. The minimum atomic E-state index is 0.377. The second-order valence-corrected chi connectivity index (χ2v) is 4.34. The molecule has 2 rings (SSSR count). The number of anilines is 1. The molecular formula is C11H8BrClN2O. The molecule has 0 radical (unpaired) electrons. The Bertz CT molecular complexity index is 519. The number of halogens is 2. The zero-order valence-electron chi connectivity index (χ0n) is 8.15. The van der Waals surface area contributed by atoms with Crippen molar-refractivity contribution < 1.29 is 4.74 Å². The van der Waals surface area contributed by atoms with Crippen LogP contribution in [0, 0.1) is 0 Å². The lowest BCUT2D eigenvalue weighted by atomic mass is 10.3. The summed E-state index contributed by atoms with van der Waals surface area (Å²) in [5.41, 5.74) is 6.28. The van der Waals surface area contributed by atoms with E-state index in [4.69, 9.17) is 22.1 Å². The molecule has 0 atom stereocenters. The number of hydrogen-bond donors (Lipinski definition) is 1. The van der Waals surface area contributed by atoms with E-state index in [1.54, 1.807) is 30.3 Å². The molecular weight excluding hydrogens is 291 g/mol. The summed E-state index contributed by atoms with van der Waals surface area (Å²) in [6, 6.07) is 10.6.